The van der Waals surface area contributed by atoms with Crippen LogP contribution in [0.4, 0.5) is 5.69 Å². The smallest absolute Gasteiger partial charge is 0.258 e. The predicted octanol–water partition coefficient (Wildman–Crippen LogP) is 3.66. The van der Waals surface area contributed by atoms with Crippen molar-refractivity contribution in [2.45, 2.75) is 33.1 Å². The lowest BCUT2D eigenvalue weighted by atomic mass is 10.0. The lowest BCUT2D eigenvalue weighted by Crippen LogP contribution is -1.98. The van der Waals surface area contributed by atoms with Gasteiger partial charge >= 0.3 is 0 Å². The third kappa shape index (κ3) is 2.32. The highest BCUT2D eigenvalue weighted by Crippen LogP contribution is 2.23. The molecule has 0 aliphatic rings. The van der Waals surface area contributed by atoms with Crippen molar-refractivity contribution in [1.29, 1.82) is 0 Å². The molecule has 0 radical (unpaired) electrons. The van der Waals surface area contributed by atoms with E-state index in [4.69, 9.17) is 0 Å². The molecule has 1 heterocycles. The number of non-ortho nitro benzene ring substituents is 1. The first kappa shape index (κ1) is 12.5. The van der Waals surface area contributed by atoms with Gasteiger partial charge in [0.15, 0.2) is 0 Å². The molecule has 18 heavy (non-hydrogen) atoms. The number of aromatic nitrogens is 1. The van der Waals surface area contributed by atoms with Crippen LogP contribution in [-0.4, -0.2) is 9.91 Å². The van der Waals surface area contributed by atoms with E-state index < -0.39 is 0 Å². The minimum Gasteiger partial charge on any atom is -0.258 e. The summed E-state index contributed by atoms with van der Waals surface area (Å²) in [7, 11) is 0. The standard InChI is InChI=1S/C14H16N2O2/c1-3-5-13-10(4-2)8-11-9-12(16(17)18)6-7-14(11)15-13/h6-9H,3-5H2,1-2H3. The summed E-state index contributed by atoms with van der Waals surface area (Å²) in [5, 5.41) is 11.6. The summed E-state index contributed by atoms with van der Waals surface area (Å²) in [4.78, 5) is 15.0. The number of nitro benzene ring substituents is 1. The lowest BCUT2D eigenvalue weighted by Gasteiger charge is -2.08. The Morgan fingerprint density at radius 3 is 2.67 bits per heavy atom. The van der Waals surface area contributed by atoms with Crippen LogP contribution >= 0.6 is 0 Å². The Labute approximate surface area is 106 Å². The molecule has 1 aromatic carbocycles. The van der Waals surface area contributed by atoms with E-state index >= 15 is 0 Å². The number of benzene rings is 1. The van der Waals surface area contributed by atoms with Gasteiger partial charge in [0.2, 0.25) is 0 Å². The van der Waals surface area contributed by atoms with Crippen molar-refractivity contribution in [1.82, 2.24) is 4.98 Å². The quantitative estimate of drug-likeness (QED) is 0.609. The van der Waals surface area contributed by atoms with Gasteiger partial charge in [-0.05, 0) is 30.5 Å². The van der Waals surface area contributed by atoms with Gasteiger partial charge in [-0.25, -0.2) is 0 Å². The van der Waals surface area contributed by atoms with Crippen LogP contribution in [0, 0.1) is 10.1 Å². The molecule has 0 bridgehead atoms. The number of hydrogen-bond donors (Lipinski definition) is 0. The first-order chi connectivity index (χ1) is 8.65. The number of rotatable bonds is 4. The van der Waals surface area contributed by atoms with E-state index in [0.29, 0.717) is 0 Å². The van der Waals surface area contributed by atoms with Crippen LogP contribution in [0.15, 0.2) is 24.3 Å². The van der Waals surface area contributed by atoms with Crippen molar-refractivity contribution in [2.75, 3.05) is 0 Å². The van der Waals surface area contributed by atoms with Crippen molar-refractivity contribution in [2.24, 2.45) is 0 Å². The Kier molecular flexibility index (Phi) is 3.55. The normalized spacial score (nSPS) is 10.8. The molecule has 0 saturated carbocycles. The number of nitrogens with zero attached hydrogens (tertiary/aromatic N) is 2. The summed E-state index contributed by atoms with van der Waals surface area (Å²) >= 11 is 0. The number of hydrogen-bond acceptors (Lipinski definition) is 3. The summed E-state index contributed by atoms with van der Waals surface area (Å²) in [6, 6.07) is 6.86. The van der Waals surface area contributed by atoms with Crippen LogP contribution in [0.2, 0.25) is 0 Å². The van der Waals surface area contributed by atoms with Crippen molar-refractivity contribution in [3.63, 3.8) is 0 Å². The maximum absolute atomic E-state index is 10.8. The second kappa shape index (κ2) is 5.12. The molecule has 0 aliphatic carbocycles. The first-order valence-corrected chi connectivity index (χ1v) is 6.22. The fraction of sp³-hybridized carbons (Fsp3) is 0.357. The van der Waals surface area contributed by atoms with Crippen molar-refractivity contribution < 1.29 is 4.92 Å². The Bertz CT molecular complexity index is 594. The second-order valence-corrected chi connectivity index (χ2v) is 4.33. The minimum atomic E-state index is -0.370. The van der Waals surface area contributed by atoms with Crippen molar-refractivity contribution >= 4 is 16.6 Å². The van der Waals surface area contributed by atoms with Gasteiger partial charge in [0.05, 0.1) is 10.4 Å². The summed E-state index contributed by atoms with van der Waals surface area (Å²) in [6.45, 7) is 4.21. The van der Waals surface area contributed by atoms with Gasteiger partial charge in [-0.1, -0.05) is 20.3 Å². The Morgan fingerprint density at radius 2 is 2.06 bits per heavy atom. The maximum Gasteiger partial charge on any atom is 0.270 e. The molecule has 0 spiro atoms. The van der Waals surface area contributed by atoms with Crippen LogP contribution in [0.1, 0.15) is 31.5 Å². The van der Waals surface area contributed by atoms with Crippen LogP contribution < -0.4 is 0 Å². The molecule has 0 aliphatic heterocycles. The minimum absolute atomic E-state index is 0.120. The summed E-state index contributed by atoms with van der Waals surface area (Å²) < 4.78 is 0. The highest BCUT2D eigenvalue weighted by molar-refractivity contribution is 5.82. The van der Waals surface area contributed by atoms with Gasteiger partial charge in [0, 0.05) is 23.2 Å². The molecule has 2 aromatic rings. The molecule has 0 saturated heterocycles. The van der Waals surface area contributed by atoms with Gasteiger partial charge in [-0.3, -0.25) is 15.1 Å². The van der Waals surface area contributed by atoms with Gasteiger partial charge in [0.1, 0.15) is 0 Å². The highest BCUT2D eigenvalue weighted by atomic mass is 16.6. The Morgan fingerprint density at radius 1 is 1.28 bits per heavy atom. The zero-order valence-corrected chi connectivity index (χ0v) is 10.6. The molecule has 0 amide bonds. The molecule has 0 unspecified atom stereocenters. The number of fused-ring (bicyclic) bond motifs is 1. The van der Waals surface area contributed by atoms with E-state index in [1.165, 1.54) is 11.6 Å². The monoisotopic (exact) mass is 244 g/mol. The average molecular weight is 244 g/mol. The van der Waals surface area contributed by atoms with Crippen LogP contribution in [-0.2, 0) is 12.8 Å². The fourth-order valence-electron chi connectivity index (χ4n) is 2.12. The lowest BCUT2D eigenvalue weighted by molar-refractivity contribution is -0.384. The Hall–Kier alpha value is -1.97. The zero-order chi connectivity index (χ0) is 13.1. The molecule has 1 aromatic heterocycles. The third-order valence-corrected chi connectivity index (χ3v) is 3.05. The molecule has 4 nitrogen and oxygen atoms in total. The van der Waals surface area contributed by atoms with Crippen molar-refractivity contribution in [3.05, 3.63) is 45.6 Å². The third-order valence-electron chi connectivity index (χ3n) is 3.05. The molecule has 2 rings (SSSR count). The second-order valence-electron chi connectivity index (χ2n) is 4.33. The molecular formula is C14H16N2O2. The molecule has 0 N–H and O–H groups in total. The number of pyridine rings is 1. The van der Waals surface area contributed by atoms with E-state index in [-0.39, 0.29) is 10.6 Å². The van der Waals surface area contributed by atoms with Crippen LogP contribution in [0.25, 0.3) is 10.9 Å². The largest absolute Gasteiger partial charge is 0.270 e. The highest BCUT2D eigenvalue weighted by Gasteiger charge is 2.09. The fourth-order valence-corrected chi connectivity index (χ4v) is 2.12. The van der Waals surface area contributed by atoms with Crippen molar-refractivity contribution in [3.8, 4) is 0 Å². The summed E-state index contributed by atoms with van der Waals surface area (Å²) in [5.41, 5.74) is 3.25. The van der Waals surface area contributed by atoms with E-state index in [1.807, 2.05) is 6.07 Å². The molecule has 0 fully saturated rings. The van der Waals surface area contributed by atoms with Crippen LogP contribution in [0.3, 0.4) is 0 Å². The molecule has 4 heteroatoms. The first-order valence-electron chi connectivity index (χ1n) is 6.22. The van der Waals surface area contributed by atoms with E-state index in [9.17, 15) is 10.1 Å². The topological polar surface area (TPSA) is 56.0 Å². The van der Waals surface area contributed by atoms with Crippen LogP contribution in [0.5, 0.6) is 0 Å². The summed E-state index contributed by atoms with van der Waals surface area (Å²) in [6.07, 6.45) is 2.91. The molecule has 94 valence electrons. The van der Waals surface area contributed by atoms with Gasteiger partial charge in [-0.2, -0.15) is 0 Å². The Balaban J connectivity index is 2.59. The number of aryl methyl sites for hydroxylation is 2. The van der Waals surface area contributed by atoms with Gasteiger partial charge < -0.3 is 0 Å². The molecule has 0 atom stereocenters. The maximum atomic E-state index is 10.8. The summed E-state index contributed by atoms with van der Waals surface area (Å²) in [5.74, 6) is 0. The van der Waals surface area contributed by atoms with Gasteiger partial charge in [0.25, 0.3) is 5.69 Å². The SMILES string of the molecule is CCCc1nc2ccc([N+](=O)[O-])cc2cc1CC. The van der Waals surface area contributed by atoms with E-state index in [1.54, 1.807) is 12.1 Å². The predicted molar refractivity (Wildman–Crippen MR) is 71.8 cm³/mol. The van der Waals surface area contributed by atoms with Gasteiger partial charge in [-0.15, -0.1) is 0 Å². The zero-order valence-electron chi connectivity index (χ0n) is 10.6. The molecular weight excluding hydrogens is 228 g/mol. The van der Waals surface area contributed by atoms with E-state index in [2.05, 4.69) is 18.8 Å². The number of nitro groups is 1. The average Bonchev–Trinajstić information content (AvgIpc) is 2.37. The van der Waals surface area contributed by atoms with E-state index in [0.717, 1.165) is 35.9 Å².